The molecule has 1 aromatic rings. The Balaban J connectivity index is 2.55. The van der Waals surface area contributed by atoms with Crippen molar-refractivity contribution in [2.75, 3.05) is 0 Å². The fourth-order valence-corrected chi connectivity index (χ4v) is 2.46. The number of rotatable bonds is 5. The van der Waals surface area contributed by atoms with Gasteiger partial charge in [0, 0.05) is 0 Å². The van der Waals surface area contributed by atoms with E-state index in [1.54, 1.807) is 12.1 Å². The Morgan fingerprint density at radius 1 is 1.21 bits per heavy atom. The Morgan fingerprint density at radius 3 is 2.32 bits per heavy atom. The SMILES string of the molecule is CC(NC(=O)c1ccc(Br)s1)C(=O)N[C@H](C)C(=O)O. The molecule has 1 unspecified atom stereocenters. The van der Waals surface area contributed by atoms with E-state index in [2.05, 4.69) is 26.6 Å². The maximum Gasteiger partial charge on any atom is 0.325 e. The fraction of sp³-hybridized carbons (Fsp3) is 0.364. The third-order valence-corrected chi connectivity index (χ3v) is 3.89. The Hall–Kier alpha value is -1.41. The first-order chi connectivity index (χ1) is 8.81. The first kappa shape index (κ1) is 15.6. The number of hydrogen-bond acceptors (Lipinski definition) is 4. The van der Waals surface area contributed by atoms with Crippen LogP contribution < -0.4 is 10.6 Å². The van der Waals surface area contributed by atoms with Gasteiger partial charge in [-0.2, -0.15) is 0 Å². The second kappa shape index (κ2) is 6.67. The summed E-state index contributed by atoms with van der Waals surface area (Å²) in [6.45, 7) is 2.84. The first-order valence-electron chi connectivity index (χ1n) is 5.40. The smallest absolute Gasteiger partial charge is 0.325 e. The first-order valence-corrected chi connectivity index (χ1v) is 7.01. The molecule has 1 rings (SSSR count). The summed E-state index contributed by atoms with van der Waals surface area (Å²) in [5.74, 6) is -2.05. The van der Waals surface area contributed by atoms with Crippen molar-refractivity contribution in [2.24, 2.45) is 0 Å². The zero-order valence-corrected chi connectivity index (χ0v) is 12.7. The minimum absolute atomic E-state index is 0.374. The summed E-state index contributed by atoms with van der Waals surface area (Å²) in [6, 6.07) is 1.56. The number of nitrogens with one attached hydrogen (secondary N) is 2. The second-order valence-corrected chi connectivity index (χ2v) is 6.33. The standard InChI is InChI=1S/C11H13BrN2O4S/c1-5(9(15)14-6(2)11(17)18)13-10(16)7-3-4-8(12)19-7/h3-6H,1-2H3,(H,13,16)(H,14,15)(H,17,18)/t5?,6-/m1/s1. The van der Waals surface area contributed by atoms with E-state index in [1.807, 2.05) is 0 Å². The third kappa shape index (κ3) is 4.64. The molecule has 0 aliphatic carbocycles. The second-order valence-electron chi connectivity index (χ2n) is 3.87. The molecule has 0 fully saturated rings. The van der Waals surface area contributed by atoms with Crippen LogP contribution in [-0.2, 0) is 9.59 Å². The Kier molecular flexibility index (Phi) is 5.49. The zero-order chi connectivity index (χ0) is 14.6. The molecule has 2 atom stereocenters. The molecule has 0 radical (unpaired) electrons. The molecule has 104 valence electrons. The van der Waals surface area contributed by atoms with E-state index < -0.39 is 24.0 Å². The van der Waals surface area contributed by atoms with Crippen LogP contribution in [0.15, 0.2) is 15.9 Å². The Labute approximate surface area is 122 Å². The van der Waals surface area contributed by atoms with Crippen molar-refractivity contribution in [1.29, 1.82) is 0 Å². The van der Waals surface area contributed by atoms with Crippen LogP contribution in [0.2, 0.25) is 0 Å². The molecule has 0 aliphatic heterocycles. The van der Waals surface area contributed by atoms with Crippen LogP contribution in [0.3, 0.4) is 0 Å². The number of carbonyl (C=O) groups is 3. The van der Waals surface area contributed by atoms with Crippen LogP contribution in [0.5, 0.6) is 0 Å². The molecule has 0 spiro atoms. The van der Waals surface area contributed by atoms with Gasteiger partial charge in [-0.3, -0.25) is 14.4 Å². The van der Waals surface area contributed by atoms with Gasteiger partial charge in [-0.25, -0.2) is 0 Å². The van der Waals surface area contributed by atoms with Crippen LogP contribution >= 0.6 is 27.3 Å². The van der Waals surface area contributed by atoms with Gasteiger partial charge < -0.3 is 15.7 Å². The lowest BCUT2D eigenvalue weighted by Gasteiger charge is -2.15. The molecule has 0 bridgehead atoms. The van der Waals surface area contributed by atoms with E-state index in [0.717, 1.165) is 3.79 Å². The Bertz CT molecular complexity index is 503. The summed E-state index contributed by atoms with van der Waals surface area (Å²) in [5.41, 5.74) is 0. The highest BCUT2D eigenvalue weighted by Crippen LogP contribution is 2.21. The highest BCUT2D eigenvalue weighted by molar-refractivity contribution is 9.11. The van der Waals surface area contributed by atoms with Crippen LogP contribution in [0.4, 0.5) is 0 Å². The highest BCUT2D eigenvalue weighted by Gasteiger charge is 2.21. The zero-order valence-electron chi connectivity index (χ0n) is 10.3. The van der Waals surface area contributed by atoms with E-state index in [1.165, 1.54) is 25.2 Å². The molecular formula is C11H13BrN2O4S. The van der Waals surface area contributed by atoms with Crippen molar-refractivity contribution < 1.29 is 19.5 Å². The van der Waals surface area contributed by atoms with Gasteiger partial charge in [0.1, 0.15) is 12.1 Å². The van der Waals surface area contributed by atoms with Crippen molar-refractivity contribution >= 4 is 45.1 Å². The van der Waals surface area contributed by atoms with Crippen molar-refractivity contribution in [1.82, 2.24) is 10.6 Å². The number of aliphatic carboxylic acids is 1. The molecule has 0 aromatic carbocycles. The maximum absolute atomic E-state index is 11.8. The molecule has 3 N–H and O–H groups in total. The van der Waals surface area contributed by atoms with Crippen LogP contribution in [0.1, 0.15) is 23.5 Å². The van der Waals surface area contributed by atoms with Crippen molar-refractivity contribution in [3.05, 3.63) is 20.8 Å². The average Bonchev–Trinajstić information content (AvgIpc) is 2.75. The quantitative estimate of drug-likeness (QED) is 0.745. The number of carboxylic acids is 1. The van der Waals surface area contributed by atoms with Crippen LogP contribution in [-0.4, -0.2) is 35.0 Å². The number of halogens is 1. The van der Waals surface area contributed by atoms with Crippen molar-refractivity contribution in [3.8, 4) is 0 Å². The minimum atomic E-state index is -1.13. The molecular weight excluding hydrogens is 336 g/mol. The van der Waals surface area contributed by atoms with Crippen molar-refractivity contribution in [3.63, 3.8) is 0 Å². The van der Waals surface area contributed by atoms with Gasteiger partial charge >= 0.3 is 5.97 Å². The van der Waals surface area contributed by atoms with Gasteiger partial charge in [0.25, 0.3) is 5.91 Å². The average molecular weight is 349 g/mol. The molecule has 1 heterocycles. The third-order valence-electron chi connectivity index (χ3n) is 2.27. The summed E-state index contributed by atoms with van der Waals surface area (Å²) in [5, 5.41) is 13.5. The topological polar surface area (TPSA) is 95.5 Å². The summed E-state index contributed by atoms with van der Waals surface area (Å²) in [4.78, 5) is 34.5. The molecule has 0 aliphatic rings. The molecule has 6 nitrogen and oxygen atoms in total. The number of carboxylic acid groups (broad SMARTS) is 1. The van der Waals surface area contributed by atoms with Crippen LogP contribution in [0.25, 0.3) is 0 Å². The molecule has 2 amide bonds. The molecule has 1 aromatic heterocycles. The van der Waals surface area contributed by atoms with Gasteiger partial charge in [0.05, 0.1) is 8.66 Å². The summed E-state index contributed by atoms with van der Waals surface area (Å²) in [6.07, 6.45) is 0. The van der Waals surface area contributed by atoms with Gasteiger partial charge in [-0.15, -0.1) is 11.3 Å². The summed E-state index contributed by atoms with van der Waals surface area (Å²) in [7, 11) is 0. The van der Waals surface area contributed by atoms with Crippen molar-refractivity contribution in [2.45, 2.75) is 25.9 Å². The lowest BCUT2D eigenvalue weighted by Crippen LogP contribution is -2.49. The molecule has 19 heavy (non-hydrogen) atoms. The predicted molar refractivity (Wildman–Crippen MR) is 74.2 cm³/mol. The van der Waals surface area contributed by atoms with E-state index in [9.17, 15) is 14.4 Å². The number of hydrogen-bond donors (Lipinski definition) is 3. The Morgan fingerprint density at radius 2 is 1.84 bits per heavy atom. The van der Waals surface area contributed by atoms with Gasteiger partial charge in [-0.1, -0.05) is 0 Å². The van der Waals surface area contributed by atoms with E-state index in [0.29, 0.717) is 4.88 Å². The van der Waals surface area contributed by atoms with Gasteiger partial charge in [0.15, 0.2) is 0 Å². The highest BCUT2D eigenvalue weighted by atomic mass is 79.9. The van der Waals surface area contributed by atoms with E-state index in [-0.39, 0.29) is 5.91 Å². The molecule has 0 saturated carbocycles. The summed E-state index contributed by atoms with van der Waals surface area (Å²) >= 11 is 4.49. The molecule has 8 heteroatoms. The number of thiophene rings is 1. The van der Waals surface area contributed by atoms with E-state index >= 15 is 0 Å². The normalized spacial score (nSPS) is 13.4. The summed E-state index contributed by atoms with van der Waals surface area (Å²) < 4.78 is 0.814. The lowest BCUT2D eigenvalue weighted by molar-refractivity contribution is -0.141. The molecule has 0 saturated heterocycles. The number of carbonyl (C=O) groups excluding carboxylic acids is 2. The number of amides is 2. The van der Waals surface area contributed by atoms with Gasteiger partial charge in [0.2, 0.25) is 5.91 Å². The predicted octanol–water partition coefficient (Wildman–Crippen LogP) is 1.22. The van der Waals surface area contributed by atoms with Gasteiger partial charge in [-0.05, 0) is 41.9 Å². The maximum atomic E-state index is 11.8. The lowest BCUT2D eigenvalue weighted by atomic mass is 10.2. The largest absolute Gasteiger partial charge is 0.480 e. The fourth-order valence-electron chi connectivity index (χ4n) is 1.17. The monoisotopic (exact) mass is 348 g/mol. The van der Waals surface area contributed by atoms with E-state index in [4.69, 9.17) is 5.11 Å². The minimum Gasteiger partial charge on any atom is -0.480 e. The van der Waals surface area contributed by atoms with Crippen LogP contribution in [0, 0.1) is 0 Å².